The van der Waals surface area contributed by atoms with Gasteiger partial charge in [-0.05, 0) is 31.9 Å². The molecule has 1 spiro atoms. The number of nitrogens with one attached hydrogen (secondary N) is 4. The van der Waals surface area contributed by atoms with Gasteiger partial charge in [0.1, 0.15) is 23.2 Å². The van der Waals surface area contributed by atoms with Crippen molar-refractivity contribution in [3.8, 4) is 5.75 Å². The van der Waals surface area contributed by atoms with Gasteiger partial charge in [0.15, 0.2) is 11.3 Å². The number of anilines is 1. The summed E-state index contributed by atoms with van der Waals surface area (Å²) >= 11 is 1.27. The summed E-state index contributed by atoms with van der Waals surface area (Å²) in [5, 5.41) is 12.7. The molecule has 10 nitrogen and oxygen atoms in total. The molecule has 2 aliphatic rings. The number of aliphatic imine (C=N–C) groups is 1. The van der Waals surface area contributed by atoms with E-state index in [1.165, 1.54) is 11.3 Å². The first kappa shape index (κ1) is 26.1. The lowest BCUT2D eigenvalue weighted by Crippen LogP contribution is -2.57. The monoisotopic (exact) mass is 515 g/mol. The smallest absolute Gasteiger partial charge is 0.319 e. The van der Waals surface area contributed by atoms with Gasteiger partial charge in [0.25, 0.3) is 5.91 Å². The molecule has 2 unspecified atom stereocenters. The average Bonchev–Trinajstić information content (AvgIpc) is 3.35. The van der Waals surface area contributed by atoms with Crippen LogP contribution >= 0.6 is 11.3 Å². The number of piperidine rings is 1. The standard InChI is InChI=1S/C25H33N5O5S/c1-5-27-24(33)29-22-19(15-7-6-8-17(34-4)21(15)36-22)20(31)16-11-26-10-9-25(16)23(32)28-18(30-25)13-35-12-14(2)3/h6-8,14,16,26H,5,9-13H2,1-4H3,(H2,27,29,33)(H,28,30,32). The van der Waals surface area contributed by atoms with Gasteiger partial charge in [-0.1, -0.05) is 26.0 Å². The number of ether oxygens (including phenoxy) is 2. The van der Waals surface area contributed by atoms with E-state index in [0.717, 1.165) is 4.70 Å². The van der Waals surface area contributed by atoms with Gasteiger partial charge in [-0.25, -0.2) is 4.79 Å². The topological polar surface area (TPSA) is 130 Å². The Bertz CT molecular complexity index is 1190. The van der Waals surface area contributed by atoms with Crippen LogP contribution in [0.25, 0.3) is 10.1 Å². The molecule has 36 heavy (non-hydrogen) atoms. The first-order chi connectivity index (χ1) is 17.3. The number of methoxy groups -OCH3 is 1. The highest BCUT2D eigenvalue weighted by atomic mass is 32.1. The zero-order valence-electron chi connectivity index (χ0n) is 21.0. The second-order valence-corrected chi connectivity index (χ2v) is 10.4. The molecule has 0 aliphatic carbocycles. The Balaban J connectivity index is 1.74. The maximum atomic E-state index is 14.2. The Hall–Kier alpha value is -3.02. The number of hydrogen-bond acceptors (Lipinski definition) is 8. The van der Waals surface area contributed by atoms with E-state index in [0.29, 0.717) is 59.6 Å². The number of nitrogens with zero attached hydrogens (tertiary/aromatic N) is 1. The third kappa shape index (κ3) is 4.95. The molecule has 2 atom stereocenters. The van der Waals surface area contributed by atoms with Crippen molar-refractivity contribution in [3.05, 3.63) is 23.8 Å². The van der Waals surface area contributed by atoms with Gasteiger partial charge in [0.05, 0.1) is 23.3 Å². The van der Waals surface area contributed by atoms with Gasteiger partial charge >= 0.3 is 6.03 Å². The highest BCUT2D eigenvalue weighted by Gasteiger charge is 2.54. The maximum Gasteiger partial charge on any atom is 0.319 e. The molecule has 1 aromatic heterocycles. The van der Waals surface area contributed by atoms with Crippen molar-refractivity contribution >= 4 is 50.0 Å². The van der Waals surface area contributed by atoms with E-state index in [1.807, 2.05) is 32.9 Å². The normalized spacial score (nSPS) is 21.5. The number of Topliss-reactive ketones (excluding diaryl/α,β-unsaturated/α-hetero) is 1. The second-order valence-electron chi connectivity index (χ2n) is 9.34. The molecule has 1 saturated heterocycles. The third-order valence-electron chi connectivity index (χ3n) is 6.31. The molecule has 2 aromatic rings. The number of amides is 3. The van der Waals surface area contributed by atoms with Gasteiger partial charge in [-0.3, -0.25) is 19.9 Å². The molecule has 11 heteroatoms. The van der Waals surface area contributed by atoms with Gasteiger partial charge in [0, 0.05) is 25.1 Å². The van der Waals surface area contributed by atoms with Crippen molar-refractivity contribution in [2.45, 2.75) is 32.7 Å². The molecule has 1 aromatic carbocycles. The molecular weight excluding hydrogens is 482 g/mol. The quantitative estimate of drug-likeness (QED) is 0.380. The van der Waals surface area contributed by atoms with E-state index in [9.17, 15) is 14.4 Å². The van der Waals surface area contributed by atoms with Crippen LogP contribution in [0.3, 0.4) is 0 Å². The number of carbonyl (C=O) groups excluding carboxylic acids is 3. The lowest BCUT2D eigenvalue weighted by atomic mass is 9.74. The summed E-state index contributed by atoms with van der Waals surface area (Å²) in [6.45, 7) is 7.92. The van der Waals surface area contributed by atoms with E-state index in [1.54, 1.807) is 13.2 Å². The molecular formula is C25H33N5O5S. The van der Waals surface area contributed by atoms with E-state index in [4.69, 9.17) is 14.5 Å². The fourth-order valence-corrected chi connectivity index (χ4v) is 5.86. The van der Waals surface area contributed by atoms with Crippen LogP contribution in [0.5, 0.6) is 5.75 Å². The molecule has 4 rings (SSSR count). The first-order valence-electron chi connectivity index (χ1n) is 12.2. The summed E-state index contributed by atoms with van der Waals surface area (Å²) in [7, 11) is 1.56. The summed E-state index contributed by atoms with van der Waals surface area (Å²) in [5.74, 6) is 0.0980. The molecule has 0 bridgehead atoms. The second kappa shape index (κ2) is 10.9. The predicted octanol–water partition coefficient (Wildman–Crippen LogP) is 2.78. The number of amidine groups is 1. The lowest BCUT2D eigenvalue weighted by Gasteiger charge is -2.36. The van der Waals surface area contributed by atoms with Crippen molar-refractivity contribution in [3.63, 3.8) is 0 Å². The highest BCUT2D eigenvalue weighted by molar-refractivity contribution is 7.24. The minimum absolute atomic E-state index is 0.183. The number of urea groups is 1. The molecule has 2 aliphatic heterocycles. The van der Waals surface area contributed by atoms with E-state index < -0.39 is 17.5 Å². The summed E-state index contributed by atoms with van der Waals surface area (Å²) < 4.78 is 11.9. The number of thiophene rings is 1. The minimum atomic E-state index is -1.23. The van der Waals surface area contributed by atoms with Crippen LogP contribution < -0.4 is 26.0 Å². The largest absolute Gasteiger partial charge is 0.495 e. The van der Waals surface area contributed by atoms with E-state index in [2.05, 4.69) is 21.3 Å². The molecule has 3 amide bonds. The highest BCUT2D eigenvalue weighted by Crippen LogP contribution is 2.44. The zero-order valence-corrected chi connectivity index (χ0v) is 21.8. The Morgan fingerprint density at radius 3 is 2.86 bits per heavy atom. The van der Waals surface area contributed by atoms with Crippen LogP contribution in [0, 0.1) is 11.8 Å². The SMILES string of the molecule is CCNC(=O)Nc1sc2c(OC)cccc2c1C(=O)C1CNCCC12N=C(COCC(C)C)NC2=O. The summed E-state index contributed by atoms with van der Waals surface area (Å²) in [4.78, 5) is 44.7. The van der Waals surface area contributed by atoms with Crippen molar-refractivity contribution in [2.24, 2.45) is 16.8 Å². The van der Waals surface area contributed by atoms with Crippen LogP contribution in [0.15, 0.2) is 23.2 Å². The number of fused-ring (bicyclic) bond motifs is 1. The van der Waals surface area contributed by atoms with Crippen molar-refractivity contribution in [1.29, 1.82) is 0 Å². The molecule has 4 N–H and O–H groups in total. The van der Waals surface area contributed by atoms with Gasteiger partial charge < -0.3 is 25.4 Å². The van der Waals surface area contributed by atoms with Crippen molar-refractivity contribution in [2.75, 3.05) is 45.3 Å². The number of carbonyl (C=O) groups is 3. The fraction of sp³-hybridized carbons (Fsp3) is 0.520. The van der Waals surface area contributed by atoms with Crippen LogP contribution in [-0.2, 0) is 9.53 Å². The minimum Gasteiger partial charge on any atom is -0.495 e. The zero-order chi connectivity index (χ0) is 25.9. The fourth-order valence-electron chi connectivity index (χ4n) is 4.67. The number of benzene rings is 1. The molecule has 0 saturated carbocycles. The predicted molar refractivity (Wildman–Crippen MR) is 140 cm³/mol. The number of ketones is 1. The van der Waals surface area contributed by atoms with Crippen LogP contribution in [0.1, 0.15) is 37.6 Å². The van der Waals surface area contributed by atoms with Crippen LogP contribution in [-0.4, -0.2) is 69.1 Å². The molecule has 0 radical (unpaired) electrons. The first-order valence-corrected chi connectivity index (χ1v) is 13.0. The summed E-state index contributed by atoms with van der Waals surface area (Å²) in [6, 6.07) is 5.04. The Kier molecular flexibility index (Phi) is 7.91. The Morgan fingerprint density at radius 1 is 1.33 bits per heavy atom. The molecule has 3 heterocycles. The number of hydrogen-bond donors (Lipinski definition) is 4. The van der Waals surface area contributed by atoms with Crippen molar-refractivity contribution in [1.82, 2.24) is 16.0 Å². The average molecular weight is 516 g/mol. The summed E-state index contributed by atoms with van der Waals surface area (Å²) in [5.41, 5.74) is -0.865. The van der Waals surface area contributed by atoms with Crippen LogP contribution in [0.2, 0.25) is 0 Å². The molecule has 1 fully saturated rings. The maximum absolute atomic E-state index is 14.2. The molecule has 194 valence electrons. The lowest BCUT2D eigenvalue weighted by molar-refractivity contribution is -0.125. The van der Waals surface area contributed by atoms with Gasteiger partial charge in [-0.2, -0.15) is 0 Å². The number of rotatable bonds is 9. The Labute approximate surface area is 214 Å². The van der Waals surface area contributed by atoms with Gasteiger partial charge in [0.2, 0.25) is 0 Å². The summed E-state index contributed by atoms with van der Waals surface area (Å²) in [6.07, 6.45) is 0.382. The van der Waals surface area contributed by atoms with Crippen molar-refractivity contribution < 1.29 is 23.9 Å². The van der Waals surface area contributed by atoms with E-state index in [-0.39, 0.29) is 24.8 Å². The van der Waals surface area contributed by atoms with Crippen LogP contribution in [0.4, 0.5) is 9.80 Å². The van der Waals surface area contributed by atoms with Gasteiger partial charge in [-0.15, -0.1) is 11.3 Å². The van der Waals surface area contributed by atoms with E-state index >= 15 is 0 Å². The Morgan fingerprint density at radius 2 is 2.14 bits per heavy atom. The third-order valence-corrected chi connectivity index (χ3v) is 7.45.